The fourth-order valence-corrected chi connectivity index (χ4v) is 5.47. The number of para-hydroxylation sites is 2. The lowest BCUT2D eigenvalue weighted by atomic mass is 9.77. The summed E-state index contributed by atoms with van der Waals surface area (Å²) < 4.78 is 20.3. The lowest BCUT2D eigenvalue weighted by Gasteiger charge is -2.37. The van der Waals surface area contributed by atoms with Gasteiger partial charge in [-0.05, 0) is 49.6 Å². The molecule has 0 aromatic heterocycles. The Bertz CT molecular complexity index is 921. The Hall–Kier alpha value is -2.60. The number of hydrogen-bond donors (Lipinski definition) is 1. The van der Waals surface area contributed by atoms with Crippen molar-refractivity contribution in [3.05, 3.63) is 59.9 Å². The van der Waals surface area contributed by atoms with Crippen LogP contribution in [-0.4, -0.2) is 55.7 Å². The minimum atomic E-state index is -0.208. The van der Waals surface area contributed by atoms with Gasteiger partial charge in [0.15, 0.2) is 0 Å². The van der Waals surface area contributed by atoms with Gasteiger partial charge in [0.2, 0.25) is 0 Å². The molecule has 0 bridgehead atoms. The predicted octanol–water partition coefficient (Wildman–Crippen LogP) is 5.54. The third kappa shape index (κ3) is 5.67. The standard InChI is InChI=1S/C27H36FN3O2/c1-33-26-14-8-7-13-25(26)31-19-17-30(18-20-31)16-15-23(22-11-5-6-12-24(22)28)27(29-32)21-9-3-2-4-10-21/h5-8,11-14,21,23,32H,2-4,9-10,15-20H2,1H3. The molecule has 1 heterocycles. The van der Waals surface area contributed by atoms with Crippen molar-refractivity contribution < 1.29 is 14.3 Å². The number of methoxy groups -OCH3 is 1. The van der Waals surface area contributed by atoms with Gasteiger partial charge in [-0.3, -0.25) is 4.90 Å². The maximum Gasteiger partial charge on any atom is 0.142 e. The molecule has 2 aromatic rings. The van der Waals surface area contributed by atoms with Crippen LogP contribution in [0.15, 0.2) is 53.7 Å². The molecule has 6 heteroatoms. The molecule has 5 nitrogen and oxygen atoms in total. The van der Waals surface area contributed by atoms with Crippen molar-refractivity contribution in [3.8, 4) is 5.75 Å². The molecule has 2 aliphatic rings. The van der Waals surface area contributed by atoms with Crippen molar-refractivity contribution in [2.24, 2.45) is 11.1 Å². The molecule has 2 fully saturated rings. The number of ether oxygens (including phenoxy) is 1. The van der Waals surface area contributed by atoms with E-state index < -0.39 is 0 Å². The summed E-state index contributed by atoms with van der Waals surface area (Å²) in [6, 6.07) is 15.1. The van der Waals surface area contributed by atoms with E-state index in [1.165, 1.54) is 12.5 Å². The average molecular weight is 454 g/mol. The fourth-order valence-electron chi connectivity index (χ4n) is 5.47. The number of piperazine rings is 1. The van der Waals surface area contributed by atoms with Crippen LogP contribution >= 0.6 is 0 Å². The summed E-state index contributed by atoms with van der Waals surface area (Å²) in [4.78, 5) is 4.81. The third-order valence-corrected chi connectivity index (χ3v) is 7.31. The van der Waals surface area contributed by atoms with Crippen LogP contribution in [0, 0.1) is 11.7 Å². The molecule has 1 unspecified atom stereocenters. The van der Waals surface area contributed by atoms with Crippen LogP contribution in [0.5, 0.6) is 5.75 Å². The van der Waals surface area contributed by atoms with E-state index in [-0.39, 0.29) is 17.7 Å². The van der Waals surface area contributed by atoms with Crippen molar-refractivity contribution in [2.75, 3.05) is 44.7 Å². The highest BCUT2D eigenvalue weighted by Gasteiger charge is 2.30. The lowest BCUT2D eigenvalue weighted by Crippen LogP contribution is -2.47. The molecule has 0 spiro atoms. The Labute approximate surface area is 196 Å². The van der Waals surface area contributed by atoms with Crippen LogP contribution in [0.3, 0.4) is 0 Å². The van der Waals surface area contributed by atoms with Crippen molar-refractivity contribution in [1.29, 1.82) is 0 Å². The van der Waals surface area contributed by atoms with Gasteiger partial charge in [-0.2, -0.15) is 0 Å². The van der Waals surface area contributed by atoms with Crippen LogP contribution < -0.4 is 9.64 Å². The molecular weight excluding hydrogens is 417 g/mol. The summed E-state index contributed by atoms with van der Waals surface area (Å²) in [5.41, 5.74) is 2.56. The highest BCUT2D eigenvalue weighted by molar-refractivity contribution is 5.92. The molecule has 1 atom stereocenters. The number of rotatable bonds is 8. The zero-order valence-electron chi connectivity index (χ0n) is 19.6. The average Bonchev–Trinajstić information content (AvgIpc) is 2.88. The van der Waals surface area contributed by atoms with E-state index in [4.69, 9.17) is 4.74 Å². The van der Waals surface area contributed by atoms with Gasteiger partial charge in [0.05, 0.1) is 18.5 Å². The van der Waals surface area contributed by atoms with Gasteiger partial charge in [-0.1, -0.05) is 54.8 Å². The Morgan fingerprint density at radius 1 is 1.03 bits per heavy atom. The SMILES string of the molecule is COc1ccccc1N1CCN(CCC(C(=NO)C2CCCCC2)c2ccccc2F)CC1. The highest BCUT2D eigenvalue weighted by atomic mass is 19.1. The Balaban J connectivity index is 1.43. The van der Waals surface area contributed by atoms with E-state index in [9.17, 15) is 9.60 Å². The van der Waals surface area contributed by atoms with E-state index in [2.05, 4.69) is 21.0 Å². The first-order chi connectivity index (χ1) is 16.2. The summed E-state index contributed by atoms with van der Waals surface area (Å²) >= 11 is 0. The van der Waals surface area contributed by atoms with E-state index in [0.29, 0.717) is 5.56 Å². The summed E-state index contributed by atoms with van der Waals surface area (Å²) in [5, 5.41) is 13.8. The normalized spacial score (nSPS) is 19.5. The fraction of sp³-hybridized carbons (Fsp3) is 0.519. The molecule has 33 heavy (non-hydrogen) atoms. The zero-order valence-corrected chi connectivity index (χ0v) is 19.6. The minimum Gasteiger partial charge on any atom is -0.495 e. The van der Waals surface area contributed by atoms with Crippen molar-refractivity contribution in [3.63, 3.8) is 0 Å². The van der Waals surface area contributed by atoms with Gasteiger partial charge in [-0.25, -0.2) is 4.39 Å². The van der Waals surface area contributed by atoms with Crippen LogP contribution in [0.4, 0.5) is 10.1 Å². The summed E-state index contributed by atoms with van der Waals surface area (Å²) in [7, 11) is 1.71. The highest BCUT2D eigenvalue weighted by Crippen LogP contribution is 2.34. The van der Waals surface area contributed by atoms with Crippen LogP contribution in [0.25, 0.3) is 0 Å². The molecule has 1 saturated heterocycles. The number of anilines is 1. The van der Waals surface area contributed by atoms with Gasteiger partial charge in [-0.15, -0.1) is 0 Å². The zero-order chi connectivity index (χ0) is 23.0. The van der Waals surface area contributed by atoms with E-state index in [1.54, 1.807) is 13.2 Å². The summed E-state index contributed by atoms with van der Waals surface area (Å²) in [6.45, 7) is 4.58. The predicted molar refractivity (Wildman–Crippen MR) is 131 cm³/mol. The molecular formula is C27H36FN3O2. The quantitative estimate of drug-likeness (QED) is 0.324. The molecule has 1 aliphatic heterocycles. The second-order valence-corrected chi connectivity index (χ2v) is 9.22. The van der Waals surface area contributed by atoms with Gasteiger partial charge in [0.1, 0.15) is 11.6 Å². The second-order valence-electron chi connectivity index (χ2n) is 9.22. The first-order valence-electron chi connectivity index (χ1n) is 12.3. The van der Waals surface area contributed by atoms with E-state index in [1.807, 2.05) is 30.3 Å². The Morgan fingerprint density at radius 2 is 1.73 bits per heavy atom. The van der Waals surface area contributed by atoms with Crippen LogP contribution in [0.2, 0.25) is 0 Å². The molecule has 0 amide bonds. The number of nitrogens with zero attached hydrogens (tertiary/aromatic N) is 3. The first kappa shape index (κ1) is 23.6. The Kier molecular flexibility index (Phi) is 8.21. The molecule has 1 saturated carbocycles. The van der Waals surface area contributed by atoms with E-state index >= 15 is 0 Å². The molecule has 2 aromatic carbocycles. The van der Waals surface area contributed by atoms with Gasteiger partial charge in [0, 0.05) is 38.0 Å². The Morgan fingerprint density at radius 3 is 2.42 bits per heavy atom. The molecule has 1 N–H and O–H groups in total. The van der Waals surface area contributed by atoms with Gasteiger partial charge >= 0.3 is 0 Å². The molecule has 4 rings (SSSR count). The molecule has 0 radical (unpaired) electrons. The second kappa shape index (κ2) is 11.5. The molecule has 1 aliphatic carbocycles. The maximum absolute atomic E-state index is 14.8. The van der Waals surface area contributed by atoms with Gasteiger partial charge in [0.25, 0.3) is 0 Å². The lowest BCUT2D eigenvalue weighted by molar-refractivity contribution is 0.249. The van der Waals surface area contributed by atoms with Crippen molar-refractivity contribution in [2.45, 2.75) is 44.4 Å². The number of oxime groups is 1. The van der Waals surface area contributed by atoms with Crippen molar-refractivity contribution in [1.82, 2.24) is 4.90 Å². The van der Waals surface area contributed by atoms with Crippen molar-refractivity contribution >= 4 is 11.4 Å². The topological polar surface area (TPSA) is 48.3 Å². The number of halogens is 1. The number of hydrogen-bond acceptors (Lipinski definition) is 5. The van der Waals surface area contributed by atoms with Crippen LogP contribution in [0.1, 0.15) is 50.0 Å². The first-order valence-corrected chi connectivity index (χ1v) is 12.3. The largest absolute Gasteiger partial charge is 0.495 e. The molecule has 178 valence electrons. The third-order valence-electron chi connectivity index (χ3n) is 7.31. The summed E-state index contributed by atoms with van der Waals surface area (Å²) in [5.74, 6) is 0.754. The maximum atomic E-state index is 14.8. The van der Waals surface area contributed by atoms with Crippen LogP contribution in [-0.2, 0) is 0 Å². The smallest absolute Gasteiger partial charge is 0.142 e. The minimum absolute atomic E-state index is 0.188. The van der Waals surface area contributed by atoms with E-state index in [0.717, 1.165) is 82.0 Å². The monoisotopic (exact) mass is 453 g/mol. The number of benzene rings is 2. The summed E-state index contributed by atoms with van der Waals surface area (Å²) in [6.07, 6.45) is 6.35. The van der Waals surface area contributed by atoms with Gasteiger partial charge < -0.3 is 14.8 Å².